The van der Waals surface area contributed by atoms with Gasteiger partial charge in [0.15, 0.2) is 5.96 Å². The third-order valence-electron chi connectivity index (χ3n) is 3.64. The Labute approximate surface area is 134 Å². The molecule has 0 saturated carbocycles. The number of hydrogen-bond acceptors (Lipinski definition) is 3. The van der Waals surface area contributed by atoms with Crippen molar-refractivity contribution in [1.29, 1.82) is 0 Å². The minimum atomic E-state index is 0.314. The molecule has 6 nitrogen and oxygen atoms in total. The number of para-hydroxylation sites is 3. The van der Waals surface area contributed by atoms with E-state index in [1.54, 1.807) is 7.11 Å². The second kappa shape index (κ2) is 6.39. The van der Waals surface area contributed by atoms with Crippen LogP contribution in [0.4, 0.5) is 5.95 Å². The summed E-state index contributed by atoms with van der Waals surface area (Å²) in [5, 5.41) is 3.05. The molecule has 118 valence electrons. The lowest BCUT2D eigenvalue weighted by Crippen LogP contribution is -2.24. The third-order valence-corrected chi connectivity index (χ3v) is 3.64. The van der Waals surface area contributed by atoms with Crippen molar-refractivity contribution < 1.29 is 4.74 Å². The van der Waals surface area contributed by atoms with Crippen LogP contribution in [0.25, 0.3) is 11.0 Å². The first-order valence-corrected chi connectivity index (χ1v) is 7.29. The molecule has 1 aromatic heterocycles. The smallest absolute Gasteiger partial charge is 0.210 e. The maximum atomic E-state index is 5.98. The number of benzene rings is 2. The van der Waals surface area contributed by atoms with Gasteiger partial charge in [-0.1, -0.05) is 30.3 Å². The van der Waals surface area contributed by atoms with Crippen molar-refractivity contribution in [3.8, 4) is 5.75 Å². The van der Waals surface area contributed by atoms with Crippen molar-refractivity contribution in [3.05, 3.63) is 54.1 Å². The average molecular weight is 309 g/mol. The van der Waals surface area contributed by atoms with Gasteiger partial charge in [0.05, 0.1) is 24.7 Å². The third kappa shape index (κ3) is 3.11. The number of rotatable bonds is 4. The van der Waals surface area contributed by atoms with E-state index in [4.69, 9.17) is 10.5 Å². The second-order valence-electron chi connectivity index (χ2n) is 5.12. The molecule has 0 amide bonds. The molecule has 1 heterocycles. The van der Waals surface area contributed by atoms with E-state index in [2.05, 4.69) is 15.3 Å². The fraction of sp³-hybridized carbons (Fsp3) is 0.176. The van der Waals surface area contributed by atoms with Crippen LogP contribution in [0.3, 0.4) is 0 Å². The van der Waals surface area contributed by atoms with Gasteiger partial charge in [0.2, 0.25) is 5.95 Å². The molecule has 0 unspecified atom stereocenters. The molecule has 2 aromatic carbocycles. The SMILES string of the molecule is COc1ccccc1CN=C(N)Nc1nc2ccccc2n1C. The molecule has 0 fully saturated rings. The number of aromatic nitrogens is 2. The average Bonchev–Trinajstić information content (AvgIpc) is 2.89. The largest absolute Gasteiger partial charge is 0.496 e. The zero-order chi connectivity index (χ0) is 16.2. The van der Waals surface area contributed by atoms with E-state index in [0.29, 0.717) is 18.5 Å². The summed E-state index contributed by atoms with van der Waals surface area (Å²) < 4.78 is 7.25. The van der Waals surface area contributed by atoms with Gasteiger partial charge in [-0.2, -0.15) is 0 Å². The summed E-state index contributed by atoms with van der Waals surface area (Å²) in [6.45, 7) is 0.437. The highest BCUT2D eigenvalue weighted by atomic mass is 16.5. The number of guanidine groups is 1. The number of nitrogens with one attached hydrogen (secondary N) is 1. The highest BCUT2D eigenvalue weighted by Crippen LogP contribution is 2.19. The van der Waals surface area contributed by atoms with E-state index in [-0.39, 0.29) is 0 Å². The van der Waals surface area contributed by atoms with Crippen LogP contribution in [0, 0.1) is 0 Å². The molecule has 0 radical (unpaired) electrons. The maximum absolute atomic E-state index is 5.98. The lowest BCUT2D eigenvalue weighted by Gasteiger charge is -2.07. The predicted molar refractivity (Wildman–Crippen MR) is 92.7 cm³/mol. The van der Waals surface area contributed by atoms with Gasteiger partial charge in [-0.25, -0.2) is 9.98 Å². The first-order valence-electron chi connectivity index (χ1n) is 7.29. The highest BCUT2D eigenvalue weighted by Gasteiger charge is 2.07. The lowest BCUT2D eigenvalue weighted by molar-refractivity contribution is 0.410. The van der Waals surface area contributed by atoms with Gasteiger partial charge in [0.25, 0.3) is 0 Å². The molecule has 0 aliphatic carbocycles. The van der Waals surface area contributed by atoms with Crippen molar-refractivity contribution >= 4 is 22.9 Å². The first kappa shape index (κ1) is 14.9. The summed E-state index contributed by atoms with van der Waals surface area (Å²) in [5.74, 6) is 1.77. The van der Waals surface area contributed by atoms with E-state index in [1.165, 1.54) is 0 Å². The van der Waals surface area contributed by atoms with Crippen LogP contribution in [0.2, 0.25) is 0 Å². The minimum absolute atomic E-state index is 0.314. The monoisotopic (exact) mass is 309 g/mol. The van der Waals surface area contributed by atoms with Gasteiger partial charge in [-0.3, -0.25) is 5.32 Å². The molecule has 0 atom stereocenters. The second-order valence-corrected chi connectivity index (χ2v) is 5.12. The Bertz CT molecular complexity index is 853. The number of ether oxygens (including phenoxy) is 1. The molecule has 23 heavy (non-hydrogen) atoms. The van der Waals surface area contributed by atoms with Gasteiger partial charge in [0.1, 0.15) is 5.75 Å². The van der Waals surface area contributed by atoms with Crippen molar-refractivity contribution in [3.63, 3.8) is 0 Å². The number of aryl methyl sites for hydroxylation is 1. The maximum Gasteiger partial charge on any atom is 0.210 e. The molecular formula is C17H19N5O. The Morgan fingerprint density at radius 2 is 1.96 bits per heavy atom. The number of nitrogens with two attached hydrogens (primary N) is 1. The molecule has 6 heteroatoms. The number of hydrogen-bond donors (Lipinski definition) is 2. The van der Waals surface area contributed by atoms with Crippen LogP contribution in [0.5, 0.6) is 5.75 Å². The normalized spacial score (nSPS) is 11.7. The zero-order valence-electron chi connectivity index (χ0n) is 13.2. The standard InChI is InChI=1S/C17H19N5O/c1-22-14-9-5-4-8-13(14)20-17(22)21-16(18)19-11-12-7-3-6-10-15(12)23-2/h3-10H,11H2,1-2H3,(H3,18,19,20,21). The highest BCUT2D eigenvalue weighted by molar-refractivity contribution is 5.92. The summed E-state index contributed by atoms with van der Waals surface area (Å²) in [6.07, 6.45) is 0. The van der Waals surface area contributed by atoms with Crippen LogP contribution in [-0.4, -0.2) is 22.6 Å². The summed E-state index contributed by atoms with van der Waals surface area (Å²) in [5.41, 5.74) is 8.90. The molecule has 3 rings (SSSR count). The van der Waals surface area contributed by atoms with Gasteiger partial charge in [-0.15, -0.1) is 0 Å². The number of anilines is 1. The Hall–Kier alpha value is -3.02. The Morgan fingerprint density at radius 1 is 1.22 bits per heavy atom. The van der Waals surface area contributed by atoms with Crippen LogP contribution in [-0.2, 0) is 13.6 Å². The molecule has 0 saturated heterocycles. The summed E-state index contributed by atoms with van der Waals surface area (Å²) in [4.78, 5) is 8.87. The van der Waals surface area contributed by atoms with Crippen molar-refractivity contribution in [2.24, 2.45) is 17.8 Å². The molecule has 0 aliphatic heterocycles. The fourth-order valence-electron chi connectivity index (χ4n) is 2.42. The number of nitrogens with zero attached hydrogens (tertiary/aromatic N) is 3. The van der Waals surface area contributed by atoms with Crippen LogP contribution in [0.15, 0.2) is 53.5 Å². The van der Waals surface area contributed by atoms with Crippen molar-refractivity contribution in [1.82, 2.24) is 9.55 Å². The van der Waals surface area contributed by atoms with Gasteiger partial charge in [0, 0.05) is 12.6 Å². The van der Waals surface area contributed by atoms with Crippen LogP contribution >= 0.6 is 0 Å². The number of fused-ring (bicyclic) bond motifs is 1. The van der Waals surface area contributed by atoms with Gasteiger partial charge < -0.3 is 15.0 Å². The predicted octanol–water partition coefficient (Wildman–Crippen LogP) is 2.51. The zero-order valence-corrected chi connectivity index (χ0v) is 13.2. The molecule has 0 aliphatic rings. The Morgan fingerprint density at radius 3 is 2.74 bits per heavy atom. The molecule has 3 aromatic rings. The number of imidazole rings is 1. The summed E-state index contributed by atoms with van der Waals surface area (Å²) in [6, 6.07) is 15.6. The van der Waals surface area contributed by atoms with Crippen molar-refractivity contribution in [2.45, 2.75) is 6.54 Å². The number of aliphatic imine (C=N–C) groups is 1. The Kier molecular flexibility index (Phi) is 4.14. The molecule has 3 N–H and O–H groups in total. The fourth-order valence-corrected chi connectivity index (χ4v) is 2.42. The molecule has 0 spiro atoms. The van der Waals surface area contributed by atoms with E-state index >= 15 is 0 Å². The van der Waals surface area contributed by atoms with Gasteiger partial charge in [-0.05, 0) is 18.2 Å². The molecular weight excluding hydrogens is 290 g/mol. The lowest BCUT2D eigenvalue weighted by atomic mass is 10.2. The van der Waals surface area contributed by atoms with E-state index in [9.17, 15) is 0 Å². The number of methoxy groups -OCH3 is 1. The van der Waals surface area contributed by atoms with Crippen LogP contribution < -0.4 is 15.8 Å². The topological polar surface area (TPSA) is 77.5 Å². The summed E-state index contributed by atoms with van der Waals surface area (Å²) >= 11 is 0. The van der Waals surface area contributed by atoms with E-state index in [0.717, 1.165) is 22.3 Å². The van der Waals surface area contributed by atoms with E-state index in [1.807, 2.05) is 60.1 Å². The van der Waals surface area contributed by atoms with Crippen molar-refractivity contribution in [2.75, 3.05) is 12.4 Å². The van der Waals surface area contributed by atoms with Crippen LogP contribution in [0.1, 0.15) is 5.56 Å². The van der Waals surface area contributed by atoms with Gasteiger partial charge >= 0.3 is 0 Å². The minimum Gasteiger partial charge on any atom is -0.496 e. The molecule has 0 bridgehead atoms. The quantitative estimate of drug-likeness (QED) is 0.573. The summed E-state index contributed by atoms with van der Waals surface area (Å²) in [7, 11) is 3.58. The Balaban J connectivity index is 1.77. The van der Waals surface area contributed by atoms with E-state index < -0.39 is 0 Å². The first-order chi connectivity index (χ1) is 11.2.